The van der Waals surface area contributed by atoms with Crippen molar-refractivity contribution in [3.05, 3.63) is 46.8 Å². The van der Waals surface area contributed by atoms with Crippen LogP contribution in [0, 0.1) is 13.8 Å². The summed E-state index contributed by atoms with van der Waals surface area (Å²) in [5.41, 5.74) is 3.41. The molecule has 9 heteroatoms. The molecule has 0 aliphatic carbocycles. The molecule has 0 saturated carbocycles. The Balaban J connectivity index is 0.00000512. The SMILES string of the molecule is CN=C(NCCc1ccc(NC(=O)OC(C)(C)C)cc1)NCC(C)c1c(C)noc1C.I. The van der Waals surface area contributed by atoms with Crippen molar-refractivity contribution in [3.8, 4) is 0 Å². The van der Waals surface area contributed by atoms with Crippen LogP contribution in [0.1, 0.15) is 56.2 Å². The Bertz CT molecular complexity index is 869. The van der Waals surface area contributed by atoms with E-state index in [4.69, 9.17) is 9.26 Å². The van der Waals surface area contributed by atoms with Crippen LogP contribution in [-0.2, 0) is 11.2 Å². The number of halogens is 1. The summed E-state index contributed by atoms with van der Waals surface area (Å²) in [5.74, 6) is 1.87. The van der Waals surface area contributed by atoms with Crippen molar-refractivity contribution in [1.82, 2.24) is 15.8 Å². The number of carbonyl (C=O) groups is 1. The number of anilines is 1. The Morgan fingerprint density at radius 1 is 1.19 bits per heavy atom. The number of hydrogen-bond acceptors (Lipinski definition) is 5. The summed E-state index contributed by atoms with van der Waals surface area (Å²) in [6.45, 7) is 13.0. The number of carbonyl (C=O) groups excluding carboxylic acids is 1. The van der Waals surface area contributed by atoms with Crippen LogP contribution >= 0.6 is 24.0 Å². The average molecular weight is 557 g/mol. The van der Waals surface area contributed by atoms with Gasteiger partial charge in [-0.3, -0.25) is 10.3 Å². The average Bonchev–Trinajstić information content (AvgIpc) is 3.02. The van der Waals surface area contributed by atoms with Crippen LogP contribution in [0.5, 0.6) is 0 Å². The van der Waals surface area contributed by atoms with Gasteiger partial charge >= 0.3 is 6.09 Å². The highest BCUT2D eigenvalue weighted by Crippen LogP contribution is 2.22. The molecule has 1 amide bonds. The Kier molecular flexibility index (Phi) is 11.0. The molecule has 32 heavy (non-hydrogen) atoms. The number of nitrogens with one attached hydrogen (secondary N) is 3. The zero-order chi connectivity index (χ0) is 23.0. The van der Waals surface area contributed by atoms with Crippen LogP contribution in [0.15, 0.2) is 33.8 Å². The minimum Gasteiger partial charge on any atom is -0.444 e. The zero-order valence-electron chi connectivity index (χ0n) is 20.0. The van der Waals surface area contributed by atoms with Gasteiger partial charge in [0.25, 0.3) is 0 Å². The van der Waals surface area contributed by atoms with Gasteiger partial charge in [-0.2, -0.15) is 0 Å². The van der Waals surface area contributed by atoms with Crippen molar-refractivity contribution in [1.29, 1.82) is 0 Å². The van der Waals surface area contributed by atoms with Crippen molar-refractivity contribution >= 4 is 41.7 Å². The van der Waals surface area contributed by atoms with Crippen LogP contribution in [0.25, 0.3) is 0 Å². The number of amides is 1. The monoisotopic (exact) mass is 557 g/mol. The Labute approximate surface area is 208 Å². The molecule has 2 aromatic rings. The van der Waals surface area contributed by atoms with Gasteiger partial charge in [-0.15, -0.1) is 24.0 Å². The third kappa shape index (κ3) is 9.05. The van der Waals surface area contributed by atoms with Crippen molar-refractivity contribution in [2.24, 2.45) is 4.99 Å². The van der Waals surface area contributed by atoms with E-state index in [1.165, 1.54) is 0 Å². The van der Waals surface area contributed by atoms with E-state index >= 15 is 0 Å². The molecule has 0 aliphatic heterocycles. The first-order valence-corrected chi connectivity index (χ1v) is 10.5. The van der Waals surface area contributed by atoms with E-state index in [1.54, 1.807) is 7.05 Å². The number of aromatic nitrogens is 1. The highest BCUT2D eigenvalue weighted by molar-refractivity contribution is 14.0. The summed E-state index contributed by atoms with van der Waals surface area (Å²) in [5, 5.41) is 13.5. The fourth-order valence-corrected chi connectivity index (χ4v) is 3.27. The highest BCUT2D eigenvalue weighted by Gasteiger charge is 2.17. The second-order valence-electron chi connectivity index (χ2n) is 8.59. The molecule has 1 unspecified atom stereocenters. The van der Waals surface area contributed by atoms with Gasteiger partial charge in [0.1, 0.15) is 11.4 Å². The quantitative estimate of drug-likeness (QED) is 0.258. The first kappa shape index (κ1) is 27.7. The lowest BCUT2D eigenvalue weighted by molar-refractivity contribution is 0.0636. The molecular formula is C23H36IN5O3. The molecule has 0 spiro atoms. The molecule has 1 heterocycles. The summed E-state index contributed by atoms with van der Waals surface area (Å²) >= 11 is 0. The summed E-state index contributed by atoms with van der Waals surface area (Å²) in [4.78, 5) is 16.1. The van der Waals surface area contributed by atoms with Crippen molar-refractivity contribution < 1.29 is 14.1 Å². The minimum absolute atomic E-state index is 0. The van der Waals surface area contributed by atoms with Gasteiger partial charge in [0.2, 0.25) is 0 Å². The molecule has 3 N–H and O–H groups in total. The van der Waals surface area contributed by atoms with Crippen LogP contribution in [-0.4, -0.2) is 42.9 Å². The largest absolute Gasteiger partial charge is 0.444 e. The number of hydrogen-bond donors (Lipinski definition) is 3. The third-order valence-corrected chi connectivity index (χ3v) is 4.69. The molecule has 0 fully saturated rings. The van der Waals surface area contributed by atoms with Gasteiger partial charge in [-0.25, -0.2) is 4.79 Å². The number of rotatable bonds is 7. The van der Waals surface area contributed by atoms with E-state index in [9.17, 15) is 4.79 Å². The van der Waals surface area contributed by atoms with E-state index in [0.29, 0.717) is 5.69 Å². The molecule has 0 bridgehead atoms. The third-order valence-electron chi connectivity index (χ3n) is 4.69. The number of ether oxygens (including phenoxy) is 1. The lowest BCUT2D eigenvalue weighted by Crippen LogP contribution is -2.40. The van der Waals surface area contributed by atoms with Crippen LogP contribution in [0.3, 0.4) is 0 Å². The number of aryl methyl sites for hydroxylation is 2. The summed E-state index contributed by atoms with van der Waals surface area (Å²) in [6, 6.07) is 7.73. The molecule has 2 rings (SSSR count). The Hall–Kier alpha value is -2.30. The Morgan fingerprint density at radius 3 is 2.38 bits per heavy atom. The van der Waals surface area contributed by atoms with Crippen LogP contribution < -0.4 is 16.0 Å². The maximum atomic E-state index is 11.8. The van der Waals surface area contributed by atoms with Crippen molar-refractivity contribution in [2.45, 2.75) is 59.5 Å². The van der Waals surface area contributed by atoms with Crippen molar-refractivity contribution in [3.63, 3.8) is 0 Å². The predicted octanol–water partition coefficient (Wildman–Crippen LogP) is 4.77. The molecule has 0 aliphatic rings. The number of aliphatic imine (C=N–C) groups is 1. The lowest BCUT2D eigenvalue weighted by atomic mass is 10.00. The van der Waals surface area contributed by atoms with Crippen LogP contribution in [0.4, 0.5) is 10.5 Å². The van der Waals surface area contributed by atoms with Gasteiger partial charge in [0, 0.05) is 37.3 Å². The van der Waals surface area contributed by atoms with Gasteiger partial charge in [-0.1, -0.05) is 24.2 Å². The molecular weight excluding hydrogens is 521 g/mol. The van der Waals surface area contributed by atoms with E-state index in [2.05, 4.69) is 33.0 Å². The molecule has 0 radical (unpaired) electrons. The highest BCUT2D eigenvalue weighted by atomic mass is 127. The van der Waals surface area contributed by atoms with E-state index < -0.39 is 11.7 Å². The van der Waals surface area contributed by atoms with E-state index in [0.717, 1.165) is 48.1 Å². The van der Waals surface area contributed by atoms with Gasteiger partial charge in [0.15, 0.2) is 5.96 Å². The second kappa shape index (κ2) is 12.7. The Morgan fingerprint density at radius 2 is 1.84 bits per heavy atom. The van der Waals surface area contributed by atoms with Crippen molar-refractivity contribution in [2.75, 3.05) is 25.5 Å². The van der Waals surface area contributed by atoms with Gasteiger partial charge in [-0.05, 0) is 58.7 Å². The maximum absolute atomic E-state index is 11.8. The maximum Gasteiger partial charge on any atom is 0.412 e. The van der Waals surface area contributed by atoms with Crippen LogP contribution in [0.2, 0.25) is 0 Å². The molecule has 178 valence electrons. The normalized spacial score (nSPS) is 12.5. The molecule has 1 aromatic carbocycles. The summed E-state index contributed by atoms with van der Waals surface area (Å²) in [7, 11) is 1.76. The van der Waals surface area contributed by atoms with Gasteiger partial charge in [0.05, 0.1) is 5.69 Å². The predicted molar refractivity (Wildman–Crippen MR) is 139 cm³/mol. The summed E-state index contributed by atoms with van der Waals surface area (Å²) < 4.78 is 10.5. The fraction of sp³-hybridized carbons (Fsp3) is 0.522. The zero-order valence-corrected chi connectivity index (χ0v) is 22.4. The summed E-state index contributed by atoms with van der Waals surface area (Å²) in [6.07, 6.45) is 0.370. The standard InChI is InChI=1S/C23H35N5O3.HI/c1-15(20-16(2)28-31-17(20)3)14-26-21(24-7)25-13-12-18-8-10-19(11-9-18)27-22(29)30-23(4,5)6;/h8-11,15H,12-14H2,1-7H3,(H,27,29)(H2,24,25,26);1H. The molecule has 8 nitrogen and oxygen atoms in total. The second-order valence-corrected chi connectivity index (χ2v) is 8.59. The van der Waals surface area contributed by atoms with Gasteiger partial charge < -0.3 is 19.9 Å². The number of guanidine groups is 1. The first-order valence-electron chi connectivity index (χ1n) is 10.5. The minimum atomic E-state index is -0.521. The number of benzene rings is 1. The molecule has 1 aromatic heterocycles. The first-order chi connectivity index (χ1) is 14.6. The smallest absolute Gasteiger partial charge is 0.412 e. The molecule has 1 atom stereocenters. The number of nitrogens with zero attached hydrogens (tertiary/aromatic N) is 2. The van der Waals surface area contributed by atoms with E-state index in [-0.39, 0.29) is 29.9 Å². The topological polar surface area (TPSA) is 101 Å². The molecule has 0 saturated heterocycles. The van der Waals surface area contributed by atoms with E-state index in [1.807, 2.05) is 58.9 Å². The lowest BCUT2D eigenvalue weighted by Gasteiger charge is -2.19. The fourth-order valence-electron chi connectivity index (χ4n) is 3.27.